The molecule has 1 N–H and O–H groups in total. The second-order valence-corrected chi connectivity index (χ2v) is 4.88. The molecule has 0 atom stereocenters. The van der Waals surface area contributed by atoms with Crippen LogP contribution in [0.15, 0.2) is 0 Å². The highest BCUT2D eigenvalue weighted by Gasteiger charge is 2.33. The second kappa shape index (κ2) is 3.73. The number of nitrogens with one attached hydrogen (secondary N) is 1. The van der Waals surface area contributed by atoms with Gasteiger partial charge >= 0.3 is 6.03 Å². The summed E-state index contributed by atoms with van der Waals surface area (Å²) >= 11 is 0. The molecule has 4 heteroatoms. The Kier molecular flexibility index (Phi) is 2.56. The molecule has 2 aliphatic rings. The van der Waals surface area contributed by atoms with Gasteiger partial charge in [-0.3, -0.25) is 0 Å². The van der Waals surface area contributed by atoms with Gasteiger partial charge in [0, 0.05) is 19.1 Å². The van der Waals surface area contributed by atoms with E-state index in [1.54, 1.807) is 0 Å². The lowest BCUT2D eigenvalue weighted by atomic mass is 9.82. The number of amides is 2. The number of hydrogen-bond acceptors (Lipinski definition) is 2. The molecule has 0 radical (unpaired) electrons. The molecule has 0 aromatic rings. The van der Waals surface area contributed by atoms with E-state index >= 15 is 0 Å². The maximum atomic E-state index is 11.7. The van der Waals surface area contributed by atoms with Crippen molar-refractivity contribution in [2.24, 2.45) is 5.41 Å². The molecule has 0 unspecified atom stereocenters. The summed E-state index contributed by atoms with van der Waals surface area (Å²) in [6.07, 6.45) is 3.83. The van der Waals surface area contributed by atoms with Gasteiger partial charge in [0.2, 0.25) is 0 Å². The van der Waals surface area contributed by atoms with Crippen molar-refractivity contribution in [1.29, 1.82) is 5.26 Å². The summed E-state index contributed by atoms with van der Waals surface area (Å²) in [6, 6.07) is 2.81. The van der Waals surface area contributed by atoms with Crippen molar-refractivity contribution in [2.45, 2.75) is 38.6 Å². The van der Waals surface area contributed by atoms with Gasteiger partial charge in [-0.05, 0) is 32.6 Å². The van der Waals surface area contributed by atoms with Crippen LogP contribution in [0.1, 0.15) is 32.6 Å². The smallest absolute Gasteiger partial charge is 0.317 e. The topological polar surface area (TPSA) is 56.1 Å². The van der Waals surface area contributed by atoms with Crippen LogP contribution >= 0.6 is 0 Å². The molecule has 4 nitrogen and oxygen atoms in total. The number of nitrogens with zero attached hydrogens (tertiary/aromatic N) is 2. The molecule has 2 amide bonds. The zero-order chi connectivity index (χ0) is 10.9. The molecule has 0 aromatic heterocycles. The van der Waals surface area contributed by atoms with Gasteiger partial charge in [0.05, 0.1) is 11.5 Å². The van der Waals surface area contributed by atoms with Crippen molar-refractivity contribution < 1.29 is 4.79 Å². The van der Waals surface area contributed by atoms with Gasteiger partial charge in [-0.2, -0.15) is 5.26 Å². The summed E-state index contributed by atoms with van der Waals surface area (Å²) in [5, 5.41) is 11.9. The minimum atomic E-state index is -0.226. The highest BCUT2D eigenvalue weighted by molar-refractivity contribution is 5.75. The normalized spacial score (nSPS) is 24.4. The van der Waals surface area contributed by atoms with Crippen LogP contribution in [0.5, 0.6) is 0 Å². The van der Waals surface area contributed by atoms with Crippen LogP contribution in [-0.2, 0) is 0 Å². The highest BCUT2D eigenvalue weighted by atomic mass is 16.2. The molecule has 1 aliphatic carbocycles. The fourth-order valence-corrected chi connectivity index (χ4v) is 1.81. The predicted molar refractivity (Wildman–Crippen MR) is 56.1 cm³/mol. The largest absolute Gasteiger partial charge is 0.335 e. The van der Waals surface area contributed by atoms with E-state index in [0.29, 0.717) is 19.1 Å². The van der Waals surface area contributed by atoms with Crippen LogP contribution in [0, 0.1) is 16.7 Å². The molecule has 15 heavy (non-hydrogen) atoms. The second-order valence-electron chi connectivity index (χ2n) is 4.88. The molecule has 1 heterocycles. The number of rotatable bonds is 1. The van der Waals surface area contributed by atoms with Gasteiger partial charge in [-0.1, -0.05) is 0 Å². The molecular formula is C11H17N3O. The fraction of sp³-hybridized carbons (Fsp3) is 0.818. The first kappa shape index (κ1) is 10.3. The van der Waals surface area contributed by atoms with Crippen LogP contribution in [0.25, 0.3) is 0 Å². The number of hydrogen-bond donors (Lipinski definition) is 1. The van der Waals surface area contributed by atoms with Gasteiger partial charge in [0.15, 0.2) is 0 Å². The van der Waals surface area contributed by atoms with Crippen LogP contribution < -0.4 is 5.32 Å². The Labute approximate surface area is 90.2 Å². The number of likely N-dealkylation sites (tertiary alicyclic amines) is 1. The summed E-state index contributed by atoms with van der Waals surface area (Å²) in [6.45, 7) is 3.40. The lowest BCUT2D eigenvalue weighted by molar-refractivity contribution is 0.156. The molecule has 1 saturated heterocycles. The fourth-order valence-electron chi connectivity index (χ4n) is 1.81. The Balaban J connectivity index is 1.82. The lowest BCUT2D eigenvalue weighted by Gasteiger charge is -2.34. The van der Waals surface area contributed by atoms with Gasteiger partial charge in [0.1, 0.15) is 0 Å². The van der Waals surface area contributed by atoms with Crippen LogP contribution in [0.4, 0.5) is 4.79 Å². The minimum Gasteiger partial charge on any atom is -0.335 e. The molecule has 0 spiro atoms. The Hall–Kier alpha value is -1.24. The van der Waals surface area contributed by atoms with Crippen LogP contribution in [0.2, 0.25) is 0 Å². The Morgan fingerprint density at radius 2 is 2.07 bits per heavy atom. The predicted octanol–water partition coefficient (Wildman–Crippen LogP) is 1.48. The average Bonchev–Trinajstić information content (AvgIpc) is 3.03. The number of piperidine rings is 1. The van der Waals surface area contributed by atoms with Gasteiger partial charge in [-0.15, -0.1) is 0 Å². The molecule has 1 saturated carbocycles. The van der Waals surface area contributed by atoms with E-state index in [0.717, 1.165) is 25.7 Å². The van der Waals surface area contributed by atoms with Crippen molar-refractivity contribution >= 4 is 6.03 Å². The summed E-state index contributed by atoms with van der Waals surface area (Å²) in [7, 11) is 0. The third kappa shape index (κ3) is 2.41. The first-order valence-corrected chi connectivity index (χ1v) is 5.60. The van der Waals surface area contributed by atoms with E-state index in [4.69, 9.17) is 5.26 Å². The SMILES string of the molecule is CC1(C#N)CCN(C(=O)NC2CC2)CC1. The third-order valence-electron chi connectivity index (χ3n) is 3.33. The van der Waals surface area contributed by atoms with Crippen LogP contribution in [-0.4, -0.2) is 30.1 Å². The molecule has 0 bridgehead atoms. The number of urea groups is 1. The molecule has 2 rings (SSSR count). The summed E-state index contributed by atoms with van der Waals surface area (Å²) in [4.78, 5) is 13.5. The monoisotopic (exact) mass is 207 g/mol. The van der Waals surface area contributed by atoms with Crippen LogP contribution in [0.3, 0.4) is 0 Å². The van der Waals surface area contributed by atoms with Crippen molar-refractivity contribution in [3.63, 3.8) is 0 Å². The van der Waals surface area contributed by atoms with Crippen molar-refractivity contribution in [2.75, 3.05) is 13.1 Å². The van der Waals surface area contributed by atoms with E-state index < -0.39 is 0 Å². The zero-order valence-electron chi connectivity index (χ0n) is 9.12. The summed E-state index contributed by atoms with van der Waals surface area (Å²) < 4.78 is 0. The molecule has 1 aliphatic heterocycles. The van der Waals surface area contributed by atoms with Gasteiger partial charge < -0.3 is 10.2 Å². The van der Waals surface area contributed by atoms with Crippen molar-refractivity contribution in [1.82, 2.24) is 10.2 Å². The van der Waals surface area contributed by atoms with E-state index in [1.165, 1.54) is 0 Å². The van der Waals surface area contributed by atoms with Gasteiger partial charge in [0.25, 0.3) is 0 Å². The minimum absolute atomic E-state index is 0.0532. The van der Waals surface area contributed by atoms with E-state index in [1.807, 2.05) is 11.8 Å². The summed E-state index contributed by atoms with van der Waals surface area (Å²) in [5.41, 5.74) is -0.226. The molecule has 0 aromatic carbocycles. The quantitative estimate of drug-likeness (QED) is 0.708. The average molecular weight is 207 g/mol. The van der Waals surface area contributed by atoms with Gasteiger partial charge in [-0.25, -0.2) is 4.79 Å². The number of carbonyl (C=O) groups excluding carboxylic acids is 1. The Morgan fingerprint density at radius 3 is 2.53 bits per heavy atom. The van der Waals surface area contributed by atoms with E-state index in [9.17, 15) is 4.79 Å². The maximum absolute atomic E-state index is 11.7. The van der Waals surface area contributed by atoms with E-state index in [-0.39, 0.29) is 11.4 Å². The number of nitriles is 1. The highest BCUT2D eigenvalue weighted by Crippen LogP contribution is 2.30. The Bertz CT molecular complexity index is 295. The zero-order valence-corrected chi connectivity index (χ0v) is 9.12. The molecular weight excluding hydrogens is 190 g/mol. The van der Waals surface area contributed by atoms with Crippen molar-refractivity contribution in [3.8, 4) is 6.07 Å². The first-order valence-electron chi connectivity index (χ1n) is 5.60. The standard InChI is InChI=1S/C11H17N3O/c1-11(8-12)4-6-14(7-5-11)10(15)13-9-2-3-9/h9H,2-7H2,1H3,(H,13,15). The molecule has 2 fully saturated rings. The number of carbonyl (C=O) groups is 1. The third-order valence-corrected chi connectivity index (χ3v) is 3.33. The Morgan fingerprint density at radius 1 is 1.47 bits per heavy atom. The molecule has 82 valence electrons. The van der Waals surface area contributed by atoms with E-state index in [2.05, 4.69) is 11.4 Å². The first-order chi connectivity index (χ1) is 7.13. The van der Waals surface area contributed by atoms with Crippen molar-refractivity contribution in [3.05, 3.63) is 0 Å². The lowest BCUT2D eigenvalue weighted by Crippen LogP contribution is -2.47. The maximum Gasteiger partial charge on any atom is 0.317 e. The summed E-state index contributed by atoms with van der Waals surface area (Å²) in [5.74, 6) is 0.